The van der Waals surface area contributed by atoms with Crippen LogP contribution in [0.3, 0.4) is 0 Å². The summed E-state index contributed by atoms with van der Waals surface area (Å²) in [7, 11) is 4.65. The number of amides is 6. The quantitative estimate of drug-likeness (QED) is 0.0284. The van der Waals surface area contributed by atoms with Gasteiger partial charge in [0.2, 0.25) is 11.8 Å². The summed E-state index contributed by atoms with van der Waals surface area (Å²) in [6.07, 6.45) is 0.810. The van der Waals surface area contributed by atoms with Crippen LogP contribution in [0.2, 0.25) is 0 Å². The Morgan fingerprint density at radius 2 is 1.67 bits per heavy atom. The average Bonchev–Trinajstić information content (AvgIpc) is 2.35. The van der Waals surface area contributed by atoms with Crippen molar-refractivity contribution in [2.24, 2.45) is 29.4 Å². The molecule has 0 unspecified atom stereocenters. The molecule has 452 valence electrons. The predicted octanol–water partition coefficient (Wildman–Crippen LogP) is 8.43. The summed E-state index contributed by atoms with van der Waals surface area (Å²) in [6, 6.07) is 16.6. The molecule has 4 bridgehead atoms. The smallest absolute Gasteiger partial charge is 0.409 e. The van der Waals surface area contributed by atoms with Gasteiger partial charge in [0.25, 0.3) is 0 Å². The molecular weight excluding hydrogens is 1070 g/mol. The summed E-state index contributed by atoms with van der Waals surface area (Å²) < 4.78 is 41.6. The van der Waals surface area contributed by atoms with Crippen molar-refractivity contribution < 1.29 is 71.8 Å². The second-order valence-electron chi connectivity index (χ2n) is 23.6. The van der Waals surface area contributed by atoms with Gasteiger partial charge >= 0.3 is 24.2 Å². The molecule has 6 amide bonds. The number of hydrogen-bond donors (Lipinski definition) is 6. The van der Waals surface area contributed by atoms with Crippen molar-refractivity contribution >= 4 is 53.2 Å². The average molecular weight is 1150 g/mol. The van der Waals surface area contributed by atoms with Gasteiger partial charge in [-0.05, 0) is 113 Å². The molecule has 3 heterocycles. The Hall–Kier alpha value is -7.49. The number of ether oxygens (including phenoxy) is 7. The first-order chi connectivity index (χ1) is 39.0. The maximum atomic E-state index is 14.8. The number of anilines is 2. The third-order valence-electron chi connectivity index (χ3n) is 15.0. The topological polar surface area (TPSA) is 285 Å². The van der Waals surface area contributed by atoms with Crippen molar-refractivity contribution in [3.05, 3.63) is 95.6 Å². The third-order valence-corrected chi connectivity index (χ3v) is 15.0. The molecule has 3 aromatic carbocycles. The number of nitrogens with one attached hydrogen (secondary N) is 4. The molecule has 0 spiro atoms. The van der Waals surface area contributed by atoms with Gasteiger partial charge in [-0.1, -0.05) is 82.7 Å². The lowest BCUT2D eigenvalue weighted by atomic mass is 9.83. The van der Waals surface area contributed by atoms with E-state index in [0.29, 0.717) is 46.8 Å². The van der Waals surface area contributed by atoms with Crippen LogP contribution in [0.1, 0.15) is 112 Å². The largest absolute Gasteiger partial charge is 0.496 e. The van der Waals surface area contributed by atoms with E-state index in [2.05, 4.69) is 21.3 Å². The highest BCUT2D eigenvalue weighted by Gasteiger charge is 2.64. The highest BCUT2D eigenvalue weighted by molar-refractivity contribution is 6.00. The van der Waals surface area contributed by atoms with Crippen molar-refractivity contribution in [1.82, 2.24) is 16.0 Å². The highest BCUT2D eigenvalue weighted by Crippen LogP contribution is 2.49. The second-order valence-corrected chi connectivity index (χ2v) is 23.6. The Bertz CT molecular complexity index is 2880. The van der Waals surface area contributed by atoms with E-state index >= 15 is 0 Å². The Labute approximate surface area is 486 Å². The van der Waals surface area contributed by atoms with Crippen molar-refractivity contribution in [1.29, 1.82) is 0 Å². The van der Waals surface area contributed by atoms with E-state index in [0.717, 1.165) is 16.7 Å². The lowest BCUT2D eigenvalue weighted by Crippen LogP contribution is -2.63. The number of primary amides is 1. The van der Waals surface area contributed by atoms with E-state index in [4.69, 9.17) is 38.9 Å². The normalized spacial score (nSPS) is 24.6. The molecule has 9 atom stereocenters. The molecule has 3 aliphatic rings. The van der Waals surface area contributed by atoms with Crippen LogP contribution in [-0.4, -0.2) is 122 Å². The summed E-state index contributed by atoms with van der Waals surface area (Å²) >= 11 is 0. The van der Waals surface area contributed by atoms with E-state index in [-0.39, 0.29) is 56.4 Å². The number of ketones is 1. The molecule has 0 radical (unpaired) electrons. The zero-order chi connectivity index (χ0) is 61.1. The number of carbonyl (C=O) groups is 7. The molecule has 3 aliphatic heterocycles. The van der Waals surface area contributed by atoms with Gasteiger partial charge in [-0.15, -0.1) is 0 Å². The number of esters is 1. The van der Waals surface area contributed by atoms with Gasteiger partial charge < -0.3 is 64.8 Å². The number of nitrogens with zero attached hydrogens (tertiary/aromatic N) is 1. The number of methoxy groups -OCH3 is 2. The van der Waals surface area contributed by atoms with E-state index in [1.165, 1.54) is 12.0 Å². The molecule has 83 heavy (non-hydrogen) atoms. The van der Waals surface area contributed by atoms with Crippen LogP contribution < -0.4 is 41.4 Å². The number of benzene rings is 3. The van der Waals surface area contributed by atoms with Crippen LogP contribution >= 0.6 is 0 Å². The minimum absolute atomic E-state index is 0.0467. The first-order valence-corrected chi connectivity index (χ1v) is 28.2. The monoisotopic (exact) mass is 1150 g/mol. The Morgan fingerprint density at radius 1 is 0.988 bits per heavy atom. The minimum atomic E-state index is -1.84. The van der Waals surface area contributed by atoms with Crippen LogP contribution in [0.15, 0.2) is 84.5 Å². The molecule has 3 aromatic rings. The molecule has 2 saturated heterocycles. The molecule has 6 rings (SSSR count). The van der Waals surface area contributed by atoms with Crippen molar-refractivity contribution in [3.8, 4) is 22.6 Å². The number of epoxide rings is 1. The Morgan fingerprint density at radius 3 is 2.29 bits per heavy atom. The molecule has 0 aliphatic carbocycles. The number of nitrogens with two attached hydrogens (primary N) is 1. The van der Waals surface area contributed by atoms with Crippen molar-refractivity contribution in [3.63, 3.8) is 0 Å². The van der Waals surface area contributed by atoms with Crippen molar-refractivity contribution in [2.75, 3.05) is 38.0 Å². The summed E-state index contributed by atoms with van der Waals surface area (Å²) in [6.45, 7) is 18.1. The number of aliphatic hydroxyl groups is 1. The van der Waals surface area contributed by atoms with Crippen LogP contribution in [-0.2, 0) is 55.9 Å². The minimum Gasteiger partial charge on any atom is -0.496 e. The number of alkyl carbamates (subject to hydrolysis) is 2. The fourth-order valence-electron chi connectivity index (χ4n) is 10.3. The van der Waals surface area contributed by atoms with E-state index in [1.54, 1.807) is 118 Å². The van der Waals surface area contributed by atoms with Gasteiger partial charge in [0.1, 0.15) is 47.6 Å². The number of carbonyl (C=O) groups excluding carboxylic acids is 7. The number of rotatable bonds is 19. The Kier molecular flexibility index (Phi) is 21.6. The van der Waals surface area contributed by atoms with E-state index in [1.807, 2.05) is 44.2 Å². The van der Waals surface area contributed by atoms with Crippen LogP contribution in [0.5, 0.6) is 11.5 Å². The zero-order valence-electron chi connectivity index (χ0n) is 50.0. The standard InChI is InChI=1S/C62H84N6O15/c1-35(2)53(66-58(74)83-60(7,8)9)46(69)31-42(17-15-27-64-57(63)73)55(71)65-43-23-19-39(20-24-43)34-79-44-25-21-41(22-26-44)52-45-29-40(30-47(52)77-12)28-37(5)16-14-18-49(78-13)62(76)33-48(80-59(75)67-62)38(6)54-61(10,82-54)50(32-51(70)68(45)11)81-56(72)36(3)4/h14,16,18-26,29-30,35-36,38,42,48-50,53-54,76H,15,17,27-28,31-34H2,1-13H3,(H,65,71)(H,66,74)(H,67,75)(H3,63,64,73)/b18-14+,37-16+/t38-,42-,48+,49-,50+,53+,54+,61+,62+/m1/s1. The summed E-state index contributed by atoms with van der Waals surface area (Å²) in [5.74, 6) is -2.74. The number of Topliss-reactive ketones (excluding diaryl/α,β-unsaturated/α-hetero) is 1. The first-order valence-electron chi connectivity index (χ1n) is 28.2. The fourth-order valence-corrected chi connectivity index (χ4v) is 10.3. The summed E-state index contributed by atoms with van der Waals surface area (Å²) in [5, 5.41) is 22.5. The van der Waals surface area contributed by atoms with Gasteiger partial charge in [0, 0.05) is 56.6 Å². The molecule has 7 N–H and O–H groups in total. The molecular formula is C62H84N6O15. The second kappa shape index (κ2) is 27.7. The number of urea groups is 1. The first kappa shape index (κ1) is 64.7. The highest BCUT2D eigenvalue weighted by atomic mass is 16.7. The molecule has 21 nitrogen and oxygen atoms in total. The van der Waals surface area contributed by atoms with Gasteiger partial charge in [0.05, 0.1) is 37.3 Å². The number of fused-ring (bicyclic) bond motifs is 5. The maximum absolute atomic E-state index is 14.8. The SMILES string of the molecule is COc1cc2cc(c1-c1ccc(OCc3ccc(NC(=O)[C@H](CCCNC(N)=O)CC(=O)[C@@H](NC(=O)OC(C)(C)C)C(C)C)cc3)cc1)N(C)C(=O)C[C@H](OC(=O)C(C)C)[C@]1(C)O[C@H]1[C@H](C)[C@@H]1C[C@@](O)(NC(=O)O1)[C@H](OC)/C=C/C=C(\C)C2. The Balaban J connectivity index is 1.22. The summed E-state index contributed by atoms with van der Waals surface area (Å²) in [4.78, 5) is 94.1. The van der Waals surface area contributed by atoms with Gasteiger partial charge in [0.15, 0.2) is 11.5 Å². The maximum Gasteiger partial charge on any atom is 0.409 e. The summed E-state index contributed by atoms with van der Waals surface area (Å²) in [5.41, 5.74) is 6.31. The van der Waals surface area contributed by atoms with Gasteiger partial charge in [-0.2, -0.15) is 0 Å². The third kappa shape index (κ3) is 17.3. The van der Waals surface area contributed by atoms with E-state index in [9.17, 15) is 38.7 Å². The van der Waals surface area contributed by atoms with Crippen molar-refractivity contribution in [2.45, 2.75) is 162 Å². The lowest BCUT2D eigenvalue weighted by Gasteiger charge is -2.42. The fraction of sp³-hybridized carbons (Fsp3) is 0.532. The number of hydrogen-bond acceptors (Lipinski definition) is 15. The van der Waals surface area contributed by atoms with Crippen LogP contribution in [0.4, 0.5) is 25.8 Å². The molecule has 0 saturated carbocycles. The molecule has 0 aromatic heterocycles. The molecule has 2 fully saturated rings. The van der Waals surface area contributed by atoms with Gasteiger partial charge in [-0.25, -0.2) is 14.4 Å². The predicted molar refractivity (Wildman–Crippen MR) is 311 cm³/mol. The molecule has 21 heteroatoms. The lowest BCUT2D eigenvalue weighted by molar-refractivity contribution is -0.157. The van der Waals surface area contributed by atoms with Gasteiger partial charge in [-0.3, -0.25) is 24.5 Å². The van der Waals surface area contributed by atoms with Crippen LogP contribution in [0.25, 0.3) is 11.1 Å². The number of allylic oxidation sites excluding steroid dienone is 3. The zero-order valence-corrected chi connectivity index (χ0v) is 50.0. The van der Waals surface area contributed by atoms with E-state index < -0.39 is 95.2 Å². The van der Waals surface area contributed by atoms with Crippen LogP contribution in [0, 0.1) is 23.7 Å².